The molecule has 1 saturated carbocycles. The summed E-state index contributed by atoms with van der Waals surface area (Å²) in [5.41, 5.74) is 2.54. The highest BCUT2D eigenvalue weighted by Gasteiger charge is 2.41. The Morgan fingerprint density at radius 1 is 1.10 bits per heavy atom. The summed E-state index contributed by atoms with van der Waals surface area (Å²) in [5.74, 6) is 0.383. The zero-order chi connectivity index (χ0) is 21.0. The molecule has 0 saturated heterocycles. The van der Waals surface area contributed by atoms with E-state index in [1.165, 1.54) is 6.07 Å². The number of pyridine rings is 1. The number of hydrogen-bond acceptors (Lipinski definition) is 5. The topological polar surface area (TPSA) is 91.8 Å². The van der Waals surface area contributed by atoms with Crippen molar-refractivity contribution in [1.29, 1.82) is 0 Å². The Hall–Kier alpha value is -3.55. The molecule has 1 fully saturated rings. The molecule has 0 bridgehead atoms. The van der Waals surface area contributed by atoms with E-state index in [0.717, 1.165) is 30.5 Å². The molecule has 154 valence electrons. The standard InChI is InChI=1S/C22H23FN6O/c1-24-21(30)27-16-7-5-15(6-8-16)18-9-10-19(29-28-18)26-14-22(11-3-12-22)20-17(23)4-2-13-25-20/h2,4-10,13H,3,11-12,14H2,1H3,(H,26,29)(H2,24,27,30). The molecule has 0 aliphatic heterocycles. The SMILES string of the molecule is CNC(=O)Nc1ccc(-c2ccc(NCC3(c4ncccc4F)CCC3)nn2)cc1. The van der Waals surface area contributed by atoms with Crippen molar-refractivity contribution in [3.05, 3.63) is 66.2 Å². The third-order valence-corrected chi connectivity index (χ3v) is 5.51. The summed E-state index contributed by atoms with van der Waals surface area (Å²) in [6.45, 7) is 0.564. The van der Waals surface area contributed by atoms with Crippen LogP contribution in [0, 0.1) is 5.82 Å². The van der Waals surface area contributed by atoms with Gasteiger partial charge in [0, 0.05) is 36.5 Å². The quantitative estimate of drug-likeness (QED) is 0.576. The molecule has 0 spiro atoms. The lowest BCUT2D eigenvalue weighted by Gasteiger charge is -2.41. The van der Waals surface area contributed by atoms with Gasteiger partial charge in [-0.1, -0.05) is 18.6 Å². The Bertz CT molecular complexity index is 1020. The molecule has 0 unspecified atom stereocenters. The number of aromatic nitrogens is 3. The number of benzene rings is 1. The molecule has 0 atom stereocenters. The van der Waals surface area contributed by atoms with Crippen LogP contribution < -0.4 is 16.0 Å². The zero-order valence-corrected chi connectivity index (χ0v) is 16.7. The number of anilines is 2. The second kappa shape index (κ2) is 8.44. The average Bonchev–Trinajstić information content (AvgIpc) is 2.75. The number of carbonyl (C=O) groups excluding carboxylic acids is 1. The number of nitrogens with one attached hydrogen (secondary N) is 3. The first kappa shape index (κ1) is 19.8. The number of nitrogens with zero attached hydrogens (tertiary/aromatic N) is 3. The highest BCUT2D eigenvalue weighted by atomic mass is 19.1. The molecule has 1 aromatic carbocycles. The number of halogens is 1. The lowest BCUT2D eigenvalue weighted by Crippen LogP contribution is -2.42. The van der Waals surface area contributed by atoms with Crippen LogP contribution in [-0.4, -0.2) is 34.8 Å². The van der Waals surface area contributed by atoms with Crippen molar-refractivity contribution in [1.82, 2.24) is 20.5 Å². The summed E-state index contributed by atoms with van der Waals surface area (Å²) in [5, 5.41) is 17.1. The van der Waals surface area contributed by atoms with Crippen molar-refractivity contribution in [3.8, 4) is 11.3 Å². The first-order valence-corrected chi connectivity index (χ1v) is 9.87. The van der Waals surface area contributed by atoms with Crippen LogP contribution in [-0.2, 0) is 5.41 Å². The van der Waals surface area contributed by atoms with E-state index >= 15 is 0 Å². The van der Waals surface area contributed by atoms with Crippen LogP contribution in [0.1, 0.15) is 25.0 Å². The van der Waals surface area contributed by atoms with Crippen molar-refractivity contribution in [2.45, 2.75) is 24.7 Å². The highest BCUT2D eigenvalue weighted by Crippen LogP contribution is 2.43. The molecular formula is C22H23FN6O. The van der Waals surface area contributed by atoms with Crippen molar-refractivity contribution in [3.63, 3.8) is 0 Å². The molecule has 4 rings (SSSR count). The fourth-order valence-corrected chi connectivity index (χ4v) is 3.63. The van der Waals surface area contributed by atoms with E-state index in [0.29, 0.717) is 23.7 Å². The fraction of sp³-hybridized carbons (Fsp3) is 0.273. The maximum absolute atomic E-state index is 14.2. The minimum atomic E-state index is -0.292. The summed E-state index contributed by atoms with van der Waals surface area (Å²) >= 11 is 0. The zero-order valence-electron chi connectivity index (χ0n) is 16.7. The lowest BCUT2D eigenvalue weighted by molar-refractivity contribution is 0.243. The Labute approximate surface area is 174 Å². The van der Waals surface area contributed by atoms with Crippen LogP contribution >= 0.6 is 0 Å². The average molecular weight is 406 g/mol. The third kappa shape index (κ3) is 4.07. The van der Waals surface area contributed by atoms with Crippen LogP contribution in [0.2, 0.25) is 0 Å². The second-order valence-corrected chi connectivity index (χ2v) is 7.41. The smallest absolute Gasteiger partial charge is 0.318 e. The third-order valence-electron chi connectivity index (χ3n) is 5.51. The summed E-state index contributed by atoms with van der Waals surface area (Å²) in [7, 11) is 1.56. The van der Waals surface area contributed by atoms with Gasteiger partial charge in [-0.15, -0.1) is 10.2 Å². The summed E-state index contributed by atoms with van der Waals surface area (Å²) in [4.78, 5) is 15.7. The van der Waals surface area contributed by atoms with E-state index in [2.05, 4.69) is 31.1 Å². The van der Waals surface area contributed by atoms with E-state index in [4.69, 9.17) is 0 Å². The molecule has 7 nitrogen and oxygen atoms in total. The van der Waals surface area contributed by atoms with Gasteiger partial charge in [-0.2, -0.15) is 0 Å². The number of amides is 2. The van der Waals surface area contributed by atoms with E-state index in [1.807, 2.05) is 24.3 Å². The van der Waals surface area contributed by atoms with Crippen molar-refractivity contribution >= 4 is 17.5 Å². The highest BCUT2D eigenvalue weighted by molar-refractivity contribution is 5.89. The van der Waals surface area contributed by atoms with Gasteiger partial charge in [0.1, 0.15) is 11.6 Å². The van der Waals surface area contributed by atoms with E-state index in [-0.39, 0.29) is 17.3 Å². The van der Waals surface area contributed by atoms with Crippen LogP contribution in [0.3, 0.4) is 0 Å². The molecule has 2 heterocycles. The Morgan fingerprint density at radius 2 is 1.90 bits per heavy atom. The van der Waals surface area contributed by atoms with Gasteiger partial charge in [-0.05, 0) is 49.2 Å². The molecule has 3 N–H and O–H groups in total. The fourth-order valence-electron chi connectivity index (χ4n) is 3.63. The number of carbonyl (C=O) groups is 1. The molecule has 3 aromatic rings. The van der Waals surface area contributed by atoms with Gasteiger partial charge in [0.15, 0.2) is 0 Å². The lowest BCUT2D eigenvalue weighted by atomic mass is 9.66. The van der Waals surface area contributed by atoms with Crippen molar-refractivity contribution in [2.75, 3.05) is 24.2 Å². The Kier molecular flexibility index (Phi) is 5.56. The maximum atomic E-state index is 14.2. The number of urea groups is 1. The van der Waals surface area contributed by atoms with Crippen LogP contribution in [0.15, 0.2) is 54.7 Å². The molecule has 2 aromatic heterocycles. The first-order valence-electron chi connectivity index (χ1n) is 9.87. The predicted molar refractivity (Wildman–Crippen MR) is 114 cm³/mol. The summed E-state index contributed by atoms with van der Waals surface area (Å²) in [6, 6.07) is 13.9. The predicted octanol–water partition coefficient (Wildman–Crippen LogP) is 3.96. The van der Waals surface area contributed by atoms with Gasteiger partial charge in [0.2, 0.25) is 0 Å². The van der Waals surface area contributed by atoms with Gasteiger partial charge in [-0.25, -0.2) is 9.18 Å². The molecule has 30 heavy (non-hydrogen) atoms. The molecular weight excluding hydrogens is 383 g/mol. The van der Waals surface area contributed by atoms with E-state index in [9.17, 15) is 9.18 Å². The molecule has 8 heteroatoms. The molecule has 1 aliphatic carbocycles. The van der Waals surface area contributed by atoms with Crippen molar-refractivity contribution < 1.29 is 9.18 Å². The van der Waals surface area contributed by atoms with Gasteiger partial charge >= 0.3 is 6.03 Å². The van der Waals surface area contributed by atoms with Gasteiger partial charge in [0.05, 0.1) is 11.4 Å². The Balaban J connectivity index is 1.41. The van der Waals surface area contributed by atoms with Crippen LogP contribution in [0.4, 0.5) is 20.7 Å². The minimum Gasteiger partial charge on any atom is -0.368 e. The van der Waals surface area contributed by atoms with E-state index < -0.39 is 0 Å². The summed E-state index contributed by atoms with van der Waals surface area (Å²) in [6.07, 6.45) is 4.50. The van der Waals surface area contributed by atoms with Crippen LogP contribution in [0.25, 0.3) is 11.3 Å². The van der Waals surface area contributed by atoms with Crippen LogP contribution in [0.5, 0.6) is 0 Å². The van der Waals surface area contributed by atoms with Gasteiger partial charge in [0.25, 0.3) is 0 Å². The first-order chi connectivity index (χ1) is 14.6. The molecule has 2 amide bonds. The minimum absolute atomic E-state index is 0.255. The number of hydrogen-bond donors (Lipinski definition) is 3. The van der Waals surface area contributed by atoms with Gasteiger partial charge < -0.3 is 16.0 Å². The molecule has 1 aliphatic rings. The number of rotatable bonds is 6. The second-order valence-electron chi connectivity index (χ2n) is 7.41. The molecule has 0 radical (unpaired) electrons. The van der Waals surface area contributed by atoms with Gasteiger partial charge in [-0.3, -0.25) is 4.98 Å². The monoisotopic (exact) mass is 406 g/mol. The summed E-state index contributed by atoms with van der Waals surface area (Å²) < 4.78 is 14.2. The normalized spacial score (nSPS) is 14.5. The Morgan fingerprint density at radius 3 is 2.50 bits per heavy atom. The van der Waals surface area contributed by atoms with E-state index in [1.54, 1.807) is 31.4 Å². The maximum Gasteiger partial charge on any atom is 0.318 e. The largest absolute Gasteiger partial charge is 0.368 e. The van der Waals surface area contributed by atoms with Crippen molar-refractivity contribution in [2.24, 2.45) is 0 Å².